The fraction of sp³-hybridized carbons (Fsp3) is 0.600. The van der Waals surface area contributed by atoms with E-state index in [2.05, 4.69) is 13.8 Å². The van der Waals surface area contributed by atoms with Crippen LogP contribution in [0.2, 0.25) is 0 Å². The highest BCUT2D eigenvalue weighted by molar-refractivity contribution is 7.99. The molecule has 1 aromatic heterocycles. The predicted molar refractivity (Wildman–Crippen MR) is 57.8 cm³/mol. The molecule has 0 saturated heterocycles. The molecule has 1 rings (SSSR count). The van der Waals surface area contributed by atoms with Crippen molar-refractivity contribution in [2.45, 2.75) is 31.6 Å². The Balaban J connectivity index is 2.30. The molecule has 2 unspecified atom stereocenters. The molecule has 2 N–H and O–H groups in total. The van der Waals surface area contributed by atoms with Gasteiger partial charge in [-0.25, -0.2) is 0 Å². The molecule has 0 aliphatic rings. The molecule has 2 nitrogen and oxygen atoms in total. The Morgan fingerprint density at radius 2 is 2.38 bits per heavy atom. The Kier molecular flexibility index (Phi) is 4.39. The molecule has 0 saturated carbocycles. The maximum Gasteiger partial charge on any atom is 0.121 e. The summed E-state index contributed by atoms with van der Waals surface area (Å²) in [6.07, 6.45) is 2.86. The first kappa shape index (κ1) is 10.7. The molecule has 0 spiro atoms. The highest BCUT2D eigenvalue weighted by Gasteiger charge is 2.10. The first-order chi connectivity index (χ1) is 6.24. The lowest BCUT2D eigenvalue weighted by Crippen LogP contribution is -2.13. The standard InChI is InChI=1S/C10H17NOS/c1-3-8(2)13-7-9(11)10-5-4-6-12-10/h4-6,8-9H,3,7,11H2,1-2H3. The molecule has 0 amide bonds. The lowest BCUT2D eigenvalue weighted by atomic mass is 10.3. The summed E-state index contributed by atoms with van der Waals surface area (Å²) < 4.78 is 5.22. The first-order valence-electron chi connectivity index (χ1n) is 4.64. The van der Waals surface area contributed by atoms with Gasteiger partial charge in [-0.2, -0.15) is 11.8 Å². The smallest absolute Gasteiger partial charge is 0.121 e. The lowest BCUT2D eigenvalue weighted by Gasteiger charge is -2.11. The van der Waals surface area contributed by atoms with Crippen molar-refractivity contribution in [1.29, 1.82) is 0 Å². The van der Waals surface area contributed by atoms with Gasteiger partial charge in [0.1, 0.15) is 5.76 Å². The molecule has 74 valence electrons. The summed E-state index contributed by atoms with van der Waals surface area (Å²) in [4.78, 5) is 0. The van der Waals surface area contributed by atoms with Gasteiger partial charge in [0.15, 0.2) is 0 Å². The fourth-order valence-corrected chi connectivity index (χ4v) is 1.91. The maximum atomic E-state index is 5.93. The fourth-order valence-electron chi connectivity index (χ4n) is 0.970. The molecule has 0 radical (unpaired) electrons. The first-order valence-corrected chi connectivity index (χ1v) is 5.69. The number of furan rings is 1. The second kappa shape index (κ2) is 5.35. The predicted octanol–water partition coefficient (Wildman–Crippen LogP) is 2.81. The summed E-state index contributed by atoms with van der Waals surface area (Å²) in [5.41, 5.74) is 5.93. The number of hydrogen-bond donors (Lipinski definition) is 1. The van der Waals surface area contributed by atoms with E-state index in [1.54, 1.807) is 6.26 Å². The Bertz CT molecular complexity index is 223. The van der Waals surface area contributed by atoms with Crippen LogP contribution in [0.4, 0.5) is 0 Å². The van der Waals surface area contributed by atoms with Gasteiger partial charge in [-0.1, -0.05) is 13.8 Å². The van der Waals surface area contributed by atoms with Gasteiger partial charge < -0.3 is 10.2 Å². The van der Waals surface area contributed by atoms with Crippen LogP contribution < -0.4 is 5.73 Å². The van der Waals surface area contributed by atoms with Gasteiger partial charge >= 0.3 is 0 Å². The van der Waals surface area contributed by atoms with Crippen molar-refractivity contribution in [3.05, 3.63) is 24.2 Å². The third kappa shape index (κ3) is 3.44. The minimum Gasteiger partial charge on any atom is -0.468 e. The minimum absolute atomic E-state index is 0.0361. The third-order valence-corrected chi connectivity index (χ3v) is 3.50. The van der Waals surface area contributed by atoms with Crippen molar-refractivity contribution in [2.24, 2.45) is 5.73 Å². The Morgan fingerprint density at radius 3 is 2.92 bits per heavy atom. The van der Waals surface area contributed by atoms with Crippen LogP contribution in [0.25, 0.3) is 0 Å². The van der Waals surface area contributed by atoms with Crippen LogP contribution in [0, 0.1) is 0 Å². The monoisotopic (exact) mass is 199 g/mol. The van der Waals surface area contributed by atoms with Gasteiger partial charge in [-0.3, -0.25) is 0 Å². The van der Waals surface area contributed by atoms with Crippen LogP contribution in [-0.4, -0.2) is 11.0 Å². The van der Waals surface area contributed by atoms with Gasteiger partial charge in [0.25, 0.3) is 0 Å². The van der Waals surface area contributed by atoms with E-state index >= 15 is 0 Å². The molecule has 3 heteroatoms. The molecule has 2 atom stereocenters. The SMILES string of the molecule is CCC(C)SCC(N)c1ccco1. The van der Waals surface area contributed by atoms with Crippen LogP contribution in [0.15, 0.2) is 22.8 Å². The Labute approximate surface area is 83.9 Å². The molecule has 0 fully saturated rings. The molecule has 0 aromatic carbocycles. The number of nitrogens with two attached hydrogens (primary N) is 1. The zero-order chi connectivity index (χ0) is 9.68. The van der Waals surface area contributed by atoms with E-state index in [1.807, 2.05) is 23.9 Å². The average molecular weight is 199 g/mol. The Hall–Kier alpha value is -0.410. The van der Waals surface area contributed by atoms with E-state index < -0.39 is 0 Å². The van der Waals surface area contributed by atoms with Crippen molar-refractivity contribution in [3.8, 4) is 0 Å². The van der Waals surface area contributed by atoms with Crippen LogP contribution in [0.1, 0.15) is 32.1 Å². The van der Waals surface area contributed by atoms with E-state index in [4.69, 9.17) is 10.2 Å². The average Bonchev–Trinajstić information content (AvgIpc) is 2.66. The quantitative estimate of drug-likeness (QED) is 0.792. The van der Waals surface area contributed by atoms with Gasteiger partial charge in [0.2, 0.25) is 0 Å². The van der Waals surface area contributed by atoms with Crippen molar-refractivity contribution in [1.82, 2.24) is 0 Å². The normalized spacial score (nSPS) is 15.6. The van der Waals surface area contributed by atoms with Gasteiger partial charge in [0, 0.05) is 11.0 Å². The zero-order valence-electron chi connectivity index (χ0n) is 8.19. The topological polar surface area (TPSA) is 39.2 Å². The highest BCUT2D eigenvalue weighted by Crippen LogP contribution is 2.20. The van der Waals surface area contributed by atoms with Crippen molar-refractivity contribution < 1.29 is 4.42 Å². The molecule has 13 heavy (non-hydrogen) atoms. The van der Waals surface area contributed by atoms with E-state index in [0.29, 0.717) is 5.25 Å². The maximum absolute atomic E-state index is 5.93. The summed E-state index contributed by atoms with van der Waals surface area (Å²) in [5.74, 6) is 1.82. The van der Waals surface area contributed by atoms with Crippen LogP contribution in [0.3, 0.4) is 0 Å². The van der Waals surface area contributed by atoms with Gasteiger partial charge in [0.05, 0.1) is 12.3 Å². The molecular formula is C10H17NOS. The summed E-state index contributed by atoms with van der Waals surface area (Å²) >= 11 is 1.90. The largest absolute Gasteiger partial charge is 0.468 e. The summed E-state index contributed by atoms with van der Waals surface area (Å²) in [5, 5.41) is 0.681. The van der Waals surface area contributed by atoms with Crippen molar-refractivity contribution >= 4 is 11.8 Å². The van der Waals surface area contributed by atoms with Crippen LogP contribution >= 0.6 is 11.8 Å². The van der Waals surface area contributed by atoms with E-state index in [9.17, 15) is 0 Å². The van der Waals surface area contributed by atoms with E-state index in [1.165, 1.54) is 6.42 Å². The van der Waals surface area contributed by atoms with Crippen LogP contribution in [0.5, 0.6) is 0 Å². The van der Waals surface area contributed by atoms with Crippen LogP contribution in [-0.2, 0) is 0 Å². The molecule has 1 aromatic rings. The molecule has 0 aliphatic heterocycles. The lowest BCUT2D eigenvalue weighted by molar-refractivity contribution is 0.482. The number of thioether (sulfide) groups is 1. The third-order valence-electron chi connectivity index (χ3n) is 2.04. The molecular weight excluding hydrogens is 182 g/mol. The second-order valence-electron chi connectivity index (χ2n) is 3.17. The Morgan fingerprint density at radius 1 is 1.62 bits per heavy atom. The summed E-state index contributed by atoms with van der Waals surface area (Å²) in [6, 6.07) is 3.85. The highest BCUT2D eigenvalue weighted by atomic mass is 32.2. The number of rotatable bonds is 5. The van der Waals surface area contributed by atoms with Crippen molar-refractivity contribution in [2.75, 3.05) is 5.75 Å². The number of hydrogen-bond acceptors (Lipinski definition) is 3. The molecule has 0 bridgehead atoms. The van der Waals surface area contributed by atoms with E-state index in [0.717, 1.165) is 11.5 Å². The minimum atomic E-state index is 0.0361. The molecule has 1 heterocycles. The zero-order valence-corrected chi connectivity index (χ0v) is 9.01. The summed E-state index contributed by atoms with van der Waals surface area (Å²) in [6.45, 7) is 4.41. The molecule has 0 aliphatic carbocycles. The van der Waals surface area contributed by atoms with Gasteiger partial charge in [-0.05, 0) is 18.6 Å². The van der Waals surface area contributed by atoms with Gasteiger partial charge in [-0.15, -0.1) is 0 Å². The van der Waals surface area contributed by atoms with Crippen molar-refractivity contribution in [3.63, 3.8) is 0 Å². The summed E-state index contributed by atoms with van der Waals surface area (Å²) in [7, 11) is 0. The second-order valence-corrected chi connectivity index (χ2v) is 4.65. The van der Waals surface area contributed by atoms with E-state index in [-0.39, 0.29) is 6.04 Å².